The molecule has 8 nitrogen and oxygen atoms in total. The van der Waals surface area contributed by atoms with Gasteiger partial charge in [-0.3, -0.25) is 14.4 Å². The quantitative estimate of drug-likeness (QED) is 0.366. The summed E-state index contributed by atoms with van der Waals surface area (Å²) < 4.78 is 15.9. The molecule has 0 saturated carbocycles. The average molecular weight is 504 g/mol. The Balaban J connectivity index is 1.42. The lowest BCUT2D eigenvalue weighted by Crippen LogP contribution is -2.43. The highest BCUT2D eigenvalue weighted by atomic mass is 16.7. The minimum absolute atomic E-state index is 0.0941. The molecule has 0 bridgehead atoms. The third-order valence-electron chi connectivity index (χ3n) is 6.20. The number of carbonyl (C=O) groups is 3. The van der Waals surface area contributed by atoms with Crippen LogP contribution < -0.4 is 19.5 Å². The van der Waals surface area contributed by atoms with Crippen LogP contribution >= 0.6 is 0 Å². The zero-order valence-corrected chi connectivity index (χ0v) is 20.6. The molecule has 0 aromatic heterocycles. The van der Waals surface area contributed by atoms with Crippen molar-refractivity contribution >= 4 is 17.5 Å². The number of hydrogen-bond acceptors (Lipinski definition) is 7. The van der Waals surface area contributed by atoms with E-state index in [1.807, 2.05) is 42.5 Å². The molecular weight excluding hydrogens is 474 g/mol. The standard InChI is InChI=1S/C29H29NO7/c1-35-23-10-4-19(5-11-23)14-24(25(32)15-20-2-8-22(9-3-20)26(33)17-31)30-29(34)13-7-21-6-12-27-28(16-21)37-18-36-27/h2-6,8-12,16,24,31H,7,13-15,17-18H2,1H3,(H,30,34)/t24-/m0/s1. The molecular formula is C29H29NO7. The van der Waals surface area contributed by atoms with Crippen molar-refractivity contribution in [2.24, 2.45) is 0 Å². The number of ketones is 2. The molecule has 0 fully saturated rings. The minimum atomic E-state index is -0.726. The lowest BCUT2D eigenvalue weighted by atomic mass is 9.96. The van der Waals surface area contributed by atoms with Gasteiger partial charge in [0.15, 0.2) is 23.1 Å². The Kier molecular flexibility index (Phi) is 8.53. The van der Waals surface area contributed by atoms with E-state index < -0.39 is 12.6 Å². The van der Waals surface area contributed by atoms with Crippen LogP contribution in [0.2, 0.25) is 0 Å². The van der Waals surface area contributed by atoms with Crippen LogP contribution in [0.25, 0.3) is 0 Å². The van der Waals surface area contributed by atoms with E-state index in [1.54, 1.807) is 31.4 Å². The summed E-state index contributed by atoms with van der Waals surface area (Å²) in [4.78, 5) is 37.8. The molecule has 8 heteroatoms. The highest BCUT2D eigenvalue weighted by Gasteiger charge is 2.22. The number of fused-ring (bicyclic) bond motifs is 1. The van der Waals surface area contributed by atoms with Crippen molar-refractivity contribution in [1.29, 1.82) is 0 Å². The second-order valence-corrected chi connectivity index (χ2v) is 8.78. The summed E-state index contributed by atoms with van der Waals surface area (Å²) in [6.45, 7) is -0.380. The van der Waals surface area contributed by atoms with E-state index in [-0.39, 0.29) is 37.1 Å². The number of aryl methyl sites for hydroxylation is 1. The molecule has 0 saturated heterocycles. The molecule has 0 radical (unpaired) electrons. The van der Waals surface area contributed by atoms with Crippen LogP contribution in [0.1, 0.15) is 33.5 Å². The highest BCUT2D eigenvalue weighted by Crippen LogP contribution is 2.32. The van der Waals surface area contributed by atoms with Crippen molar-refractivity contribution in [1.82, 2.24) is 5.32 Å². The lowest BCUT2D eigenvalue weighted by Gasteiger charge is -2.18. The van der Waals surface area contributed by atoms with Gasteiger partial charge >= 0.3 is 0 Å². The molecule has 1 atom stereocenters. The fraction of sp³-hybridized carbons (Fsp3) is 0.276. The van der Waals surface area contributed by atoms with Gasteiger partial charge in [0.25, 0.3) is 0 Å². The monoisotopic (exact) mass is 503 g/mol. The number of aliphatic hydroxyl groups excluding tert-OH is 1. The first kappa shape index (κ1) is 25.9. The summed E-state index contributed by atoms with van der Waals surface area (Å²) in [7, 11) is 1.58. The number of amides is 1. The van der Waals surface area contributed by atoms with Gasteiger partial charge in [-0.05, 0) is 53.8 Å². The van der Waals surface area contributed by atoms with Gasteiger partial charge in [-0.15, -0.1) is 0 Å². The summed E-state index contributed by atoms with van der Waals surface area (Å²) in [5.74, 6) is 1.30. The Morgan fingerprint density at radius 3 is 2.30 bits per heavy atom. The summed E-state index contributed by atoms with van der Waals surface area (Å²) >= 11 is 0. The van der Waals surface area contributed by atoms with E-state index in [4.69, 9.17) is 19.3 Å². The fourth-order valence-corrected chi connectivity index (χ4v) is 4.09. The van der Waals surface area contributed by atoms with Gasteiger partial charge in [0, 0.05) is 18.4 Å². The second-order valence-electron chi connectivity index (χ2n) is 8.78. The largest absolute Gasteiger partial charge is 0.497 e. The number of hydrogen-bond donors (Lipinski definition) is 2. The Bertz CT molecular complexity index is 1250. The number of methoxy groups -OCH3 is 1. The first-order chi connectivity index (χ1) is 17.9. The minimum Gasteiger partial charge on any atom is -0.497 e. The van der Waals surface area contributed by atoms with Crippen molar-refractivity contribution in [3.05, 3.63) is 89.0 Å². The van der Waals surface area contributed by atoms with E-state index in [0.29, 0.717) is 41.2 Å². The Hall–Kier alpha value is -4.17. The molecule has 1 aliphatic rings. The van der Waals surface area contributed by atoms with E-state index in [1.165, 1.54) is 0 Å². The van der Waals surface area contributed by atoms with Gasteiger partial charge < -0.3 is 24.6 Å². The van der Waals surface area contributed by atoms with Crippen molar-refractivity contribution < 1.29 is 33.7 Å². The molecule has 0 spiro atoms. The highest BCUT2D eigenvalue weighted by molar-refractivity contribution is 5.97. The maximum Gasteiger partial charge on any atom is 0.231 e. The van der Waals surface area contributed by atoms with E-state index >= 15 is 0 Å². The zero-order chi connectivity index (χ0) is 26.2. The molecule has 2 N–H and O–H groups in total. The second kappa shape index (κ2) is 12.2. The number of aliphatic hydroxyl groups is 1. The van der Waals surface area contributed by atoms with Crippen LogP contribution in [0, 0.1) is 0 Å². The smallest absolute Gasteiger partial charge is 0.231 e. The van der Waals surface area contributed by atoms with E-state index in [0.717, 1.165) is 11.1 Å². The van der Waals surface area contributed by atoms with Gasteiger partial charge in [0.2, 0.25) is 12.7 Å². The summed E-state index contributed by atoms with van der Waals surface area (Å²) in [6, 6.07) is 18.8. The molecule has 3 aromatic rings. The van der Waals surface area contributed by atoms with Crippen molar-refractivity contribution in [3.8, 4) is 17.2 Å². The van der Waals surface area contributed by atoms with Crippen LogP contribution in [-0.2, 0) is 28.9 Å². The number of ether oxygens (including phenoxy) is 3. The van der Waals surface area contributed by atoms with Crippen LogP contribution in [0.5, 0.6) is 17.2 Å². The normalized spacial score (nSPS) is 12.6. The van der Waals surface area contributed by atoms with Gasteiger partial charge in [-0.1, -0.05) is 42.5 Å². The van der Waals surface area contributed by atoms with Crippen LogP contribution in [0.3, 0.4) is 0 Å². The van der Waals surface area contributed by atoms with Crippen LogP contribution in [0.4, 0.5) is 0 Å². The molecule has 3 aromatic carbocycles. The molecule has 1 aliphatic heterocycles. The average Bonchev–Trinajstić information content (AvgIpc) is 3.40. The number of rotatable bonds is 12. The third kappa shape index (κ3) is 6.95. The predicted molar refractivity (Wildman–Crippen MR) is 136 cm³/mol. The molecule has 0 aliphatic carbocycles. The Morgan fingerprint density at radius 2 is 1.59 bits per heavy atom. The number of nitrogens with one attached hydrogen (secondary N) is 1. The maximum atomic E-state index is 13.3. The third-order valence-corrected chi connectivity index (χ3v) is 6.20. The zero-order valence-electron chi connectivity index (χ0n) is 20.6. The molecule has 37 heavy (non-hydrogen) atoms. The van der Waals surface area contributed by atoms with Gasteiger partial charge in [0.1, 0.15) is 12.4 Å². The lowest BCUT2D eigenvalue weighted by molar-refractivity contribution is -0.127. The predicted octanol–water partition coefficient (Wildman–Crippen LogP) is 3.07. The maximum absolute atomic E-state index is 13.3. The SMILES string of the molecule is COc1ccc(C[C@H](NC(=O)CCc2ccc3c(c2)OCO3)C(=O)Cc2ccc(C(=O)CO)cc2)cc1. The Morgan fingerprint density at radius 1 is 0.919 bits per heavy atom. The molecule has 4 rings (SSSR count). The first-order valence-corrected chi connectivity index (χ1v) is 12.0. The summed E-state index contributed by atoms with van der Waals surface area (Å²) in [5.41, 5.74) is 2.92. The van der Waals surface area contributed by atoms with Crippen molar-refractivity contribution in [3.63, 3.8) is 0 Å². The molecule has 1 heterocycles. The number of Topliss-reactive ketones (excluding diaryl/α,β-unsaturated/α-hetero) is 2. The van der Waals surface area contributed by atoms with Gasteiger partial charge in [-0.2, -0.15) is 0 Å². The van der Waals surface area contributed by atoms with Crippen LogP contribution in [0.15, 0.2) is 66.7 Å². The van der Waals surface area contributed by atoms with Crippen LogP contribution in [-0.4, -0.2) is 49.1 Å². The molecule has 1 amide bonds. The summed E-state index contributed by atoms with van der Waals surface area (Å²) in [6.07, 6.45) is 1.13. The fourth-order valence-electron chi connectivity index (χ4n) is 4.09. The van der Waals surface area contributed by atoms with Crippen molar-refractivity contribution in [2.45, 2.75) is 31.7 Å². The Labute approximate surface area is 215 Å². The van der Waals surface area contributed by atoms with Gasteiger partial charge in [0.05, 0.1) is 13.2 Å². The van der Waals surface area contributed by atoms with Gasteiger partial charge in [-0.25, -0.2) is 0 Å². The topological polar surface area (TPSA) is 111 Å². The molecule has 0 unspecified atom stereocenters. The molecule has 192 valence electrons. The number of carbonyl (C=O) groups excluding carboxylic acids is 3. The number of benzene rings is 3. The first-order valence-electron chi connectivity index (χ1n) is 12.0. The van der Waals surface area contributed by atoms with Crippen molar-refractivity contribution in [2.75, 3.05) is 20.5 Å². The van der Waals surface area contributed by atoms with E-state index in [9.17, 15) is 14.4 Å². The summed E-state index contributed by atoms with van der Waals surface area (Å²) in [5, 5.41) is 11.9. The van der Waals surface area contributed by atoms with E-state index in [2.05, 4.69) is 5.32 Å².